The molecule has 0 saturated carbocycles. The minimum absolute atomic E-state index is 0.0603. The molecule has 130 valence electrons. The van der Waals surface area contributed by atoms with Crippen molar-refractivity contribution in [1.82, 2.24) is 20.0 Å². The van der Waals surface area contributed by atoms with Crippen LogP contribution in [0, 0.1) is 5.41 Å². The number of carbonyl (C=O) groups excluding carboxylic acids is 2. The van der Waals surface area contributed by atoms with Gasteiger partial charge in [0, 0.05) is 39.3 Å². The monoisotopic (exact) mass is 322 g/mol. The second-order valence-corrected chi connectivity index (χ2v) is 7.64. The van der Waals surface area contributed by atoms with Gasteiger partial charge in [0.2, 0.25) is 5.91 Å². The van der Waals surface area contributed by atoms with Crippen LogP contribution in [-0.4, -0.2) is 79.0 Å². The Hall–Kier alpha value is -1.30. The van der Waals surface area contributed by atoms with Crippen molar-refractivity contribution in [2.24, 2.45) is 5.41 Å². The summed E-state index contributed by atoms with van der Waals surface area (Å²) in [4.78, 5) is 31.0. The minimum Gasteiger partial charge on any atom is -0.337 e. The molecule has 1 N–H and O–H groups in total. The van der Waals surface area contributed by atoms with Gasteiger partial charge in [0.05, 0.1) is 5.41 Å². The minimum atomic E-state index is -0.226. The number of likely N-dealkylation sites (tertiary alicyclic amines) is 2. The maximum Gasteiger partial charge on any atom is 0.319 e. The van der Waals surface area contributed by atoms with Crippen molar-refractivity contribution in [3.8, 4) is 0 Å². The Balaban J connectivity index is 1.76. The average Bonchev–Trinajstić information content (AvgIpc) is 2.76. The Morgan fingerprint density at radius 2 is 1.78 bits per heavy atom. The normalized spacial score (nSPS) is 26.1. The van der Waals surface area contributed by atoms with Gasteiger partial charge in [-0.2, -0.15) is 0 Å². The van der Waals surface area contributed by atoms with Crippen molar-refractivity contribution < 1.29 is 9.59 Å². The summed E-state index contributed by atoms with van der Waals surface area (Å²) in [6.45, 7) is 6.33. The predicted molar refractivity (Wildman–Crippen MR) is 89.2 cm³/mol. The highest BCUT2D eigenvalue weighted by molar-refractivity contribution is 5.87. The van der Waals surface area contributed by atoms with E-state index in [1.54, 1.807) is 19.0 Å². The summed E-state index contributed by atoms with van der Waals surface area (Å²) in [5.74, 6) is 0.346. The van der Waals surface area contributed by atoms with E-state index in [1.165, 1.54) is 0 Å². The highest BCUT2D eigenvalue weighted by Gasteiger charge is 2.59. The number of piperidine rings is 2. The number of rotatable bonds is 1. The van der Waals surface area contributed by atoms with Crippen LogP contribution in [0.25, 0.3) is 0 Å². The van der Waals surface area contributed by atoms with Gasteiger partial charge in [-0.1, -0.05) is 0 Å². The Morgan fingerprint density at radius 3 is 2.30 bits per heavy atom. The van der Waals surface area contributed by atoms with Gasteiger partial charge in [-0.3, -0.25) is 4.79 Å². The van der Waals surface area contributed by atoms with Gasteiger partial charge in [-0.15, -0.1) is 0 Å². The highest BCUT2D eigenvalue weighted by Crippen LogP contribution is 2.52. The molecule has 0 aromatic rings. The van der Waals surface area contributed by atoms with Crippen LogP contribution in [0.2, 0.25) is 0 Å². The lowest BCUT2D eigenvalue weighted by atomic mass is 9.71. The summed E-state index contributed by atoms with van der Waals surface area (Å²) in [6, 6.07) is 0.0641. The first-order valence-corrected chi connectivity index (χ1v) is 8.93. The molecule has 0 aliphatic carbocycles. The fourth-order valence-corrected chi connectivity index (χ4v) is 4.92. The smallest absolute Gasteiger partial charge is 0.319 e. The van der Waals surface area contributed by atoms with E-state index in [4.69, 9.17) is 0 Å². The van der Waals surface area contributed by atoms with Gasteiger partial charge in [0.1, 0.15) is 0 Å². The summed E-state index contributed by atoms with van der Waals surface area (Å²) in [5, 5.41) is 3.42. The second kappa shape index (κ2) is 5.96. The molecule has 0 aromatic heterocycles. The van der Waals surface area contributed by atoms with Crippen LogP contribution in [0.3, 0.4) is 0 Å². The zero-order chi connectivity index (χ0) is 16.7. The van der Waals surface area contributed by atoms with E-state index in [0.29, 0.717) is 19.0 Å². The lowest BCUT2D eigenvalue weighted by Crippen LogP contribution is -2.52. The number of nitrogens with one attached hydrogen (secondary N) is 1. The highest BCUT2D eigenvalue weighted by atomic mass is 16.2. The maximum absolute atomic E-state index is 13.2. The van der Waals surface area contributed by atoms with Gasteiger partial charge in [-0.25, -0.2) is 4.79 Å². The van der Waals surface area contributed by atoms with Gasteiger partial charge >= 0.3 is 6.03 Å². The summed E-state index contributed by atoms with van der Waals surface area (Å²) >= 11 is 0. The van der Waals surface area contributed by atoms with Crippen molar-refractivity contribution in [2.45, 2.75) is 44.6 Å². The van der Waals surface area contributed by atoms with Crippen LogP contribution < -0.4 is 5.32 Å². The molecule has 3 aliphatic rings. The van der Waals surface area contributed by atoms with Gasteiger partial charge < -0.3 is 20.0 Å². The van der Waals surface area contributed by atoms with E-state index in [2.05, 4.69) is 17.1 Å². The van der Waals surface area contributed by atoms with E-state index < -0.39 is 0 Å². The fraction of sp³-hybridized carbons (Fsp3) is 0.882. The molecule has 0 unspecified atom stereocenters. The maximum atomic E-state index is 13.2. The SMILES string of the molecule is CCN1C(=O)C2(CCN(C(=O)N(C)C)CC2)CC12CCNCC2. The predicted octanol–water partition coefficient (Wildman–Crippen LogP) is 1.12. The molecule has 3 aliphatic heterocycles. The molecule has 3 saturated heterocycles. The third-order valence-electron chi connectivity index (χ3n) is 6.16. The Labute approximate surface area is 139 Å². The molecule has 23 heavy (non-hydrogen) atoms. The Bertz CT molecular complexity index is 477. The van der Waals surface area contributed by atoms with Gasteiger partial charge in [-0.05, 0) is 52.1 Å². The van der Waals surface area contributed by atoms with E-state index in [0.717, 1.165) is 51.7 Å². The topological polar surface area (TPSA) is 55.9 Å². The first kappa shape index (κ1) is 16.6. The zero-order valence-corrected chi connectivity index (χ0v) is 14.7. The number of carbonyl (C=O) groups is 2. The zero-order valence-electron chi connectivity index (χ0n) is 14.7. The Morgan fingerprint density at radius 1 is 1.17 bits per heavy atom. The van der Waals surface area contributed by atoms with Crippen molar-refractivity contribution in [2.75, 3.05) is 46.8 Å². The first-order chi connectivity index (χ1) is 10.9. The molecular formula is C17H30N4O2. The van der Waals surface area contributed by atoms with Gasteiger partial charge in [0.15, 0.2) is 0 Å². The first-order valence-electron chi connectivity index (χ1n) is 8.93. The van der Waals surface area contributed by atoms with E-state index >= 15 is 0 Å². The number of nitrogens with zero attached hydrogens (tertiary/aromatic N) is 3. The number of urea groups is 1. The molecule has 0 aromatic carbocycles. The van der Waals surface area contributed by atoms with Gasteiger partial charge in [0.25, 0.3) is 0 Å². The van der Waals surface area contributed by atoms with Crippen molar-refractivity contribution in [3.05, 3.63) is 0 Å². The van der Waals surface area contributed by atoms with E-state index in [-0.39, 0.29) is 17.0 Å². The van der Waals surface area contributed by atoms with E-state index in [1.807, 2.05) is 4.90 Å². The average molecular weight is 322 g/mol. The molecule has 0 radical (unpaired) electrons. The summed E-state index contributed by atoms with van der Waals surface area (Å²) in [7, 11) is 3.58. The van der Waals surface area contributed by atoms with Crippen LogP contribution >= 0.6 is 0 Å². The molecule has 0 bridgehead atoms. The number of hydrogen-bond acceptors (Lipinski definition) is 3. The number of hydrogen-bond donors (Lipinski definition) is 1. The van der Waals surface area contributed by atoms with Crippen LogP contribution in [-0.2, 0) is 4.79 Å². The quantitative estimate of drug-likeness (QED) is 0.787. The third kappa shape index (κ3) is 2.61. The second-order valence-electron chi connectivity index (χ2n) is 7.64. The van der Waals surface area contributed by atoms with E-state index in [9.17, 15) is 9.59 Å². The molecule has 6 nitrogen and oxygen atoms in total. The molecular weight excluding hydrogens is 292 g/mol. The standard InChI is InChI=1S/C17H30N4O2/c1-4-21-14(22)16(13-17(21)5-9-18-10-6-17)7-11-20(12-8-16)15(23)19(2)3/h18H,4-13H2,1-3H3. The van der Waals surface area contributed by atoms with Crippen molar-refractivity contribution >= 4 is 11.9 Å². The lowest BCUT2D eigenvalue weighted by Gasteiger charge is -2.41. The molecule has 3 rings (SSSR count). The molecule has 0 atom stereocenters. The molecule has 6 heteroatoms. The molecule has 2 spiro atoms. The van der Waals surface area contributed by atoms with Crippen molar-refractivity contribution in [3.63, 3.8) is 0 Å². The largest absolute Gasteiger partial charge is 0.337 e. The molecule has 3 amide bonds. The lowest BCUT2D eigenvalue weighted by molar-refractivity contribution is -0.140. The van der Waals surface area contributed by atoms with Crippen molar-refractivity contribution in [1.29, 1.82) is 0 Å². The summed E-state index contributed by atoms with van der Waals surface area (Å²) < 4.78 is 0. The Kier molecular flexibility index (Phi) is 4.29. The summed E-state index contributed by atoms with van der Waals surface area (Å²) in [5.41, 5.74) is -0.165. The molecule has 3 fully saturated rings. The van der Waals surface area contributed by atoms with Crippen LogP contribution in [0.15, 0.2) is 0 Å². The summed E-state index contributed by atoms with van der Waals surface area (Å²) in [6.07, 6.45) is 4.75. The van der Waals surface area contributed by atoms with Crippen LogP contribution in [0.5, 0.6) is 0 Å². The number of amides is 3. The fourth-order valence-electron chi connectivity index (χ4n) is 4.92. The molecule has 3 heterocycles. The third-order valence-corrected chi connectivity index (χ3v) is 6.16. The van der Waals surface area contributed by atoms with Crippen LogP contribution in [0.1, 0.15) is 39.0 Å². The van der Waals surface area contributed by atoms with Crippen LogP contribution in [0.4, 0.5) is 4.79 Å².